The number of nitrogens with one attached hydrogen (secondary N) is 1. The van der Waals surface area contributed by atoms with Crippen LogP contribution in [0, 0.1) is 11.3 Å². The molecule has 102 valence electrons. The number of nitrogens with zero attached hydrogens (tertiary/aromatic N) is 1. The van der Waals surface area contributed by atoms with Gasteiger partial charge in [-0.05, 0) is 25.5 Å². The summed E-state index contributed by atoms with van der Waals surface area (Å²) in [5.41, 5.74) is 2.37. The van der Waals surface area contributed by atoms with Crippen LogP contribution in [0.3, 0.4) is 0 Å². The van der Waals surface area contributed by atoms with Crippen LogP contribution in [0.4, 0.5) is 0 Å². The van der Waals surface area contributed by atoms with Crippen LogP contribution in [0.15, 0.2) is 29.8 Å². The third kappa shape index (κ3) is 5.58. The second kappa shape index (κ2) is 9.18. The summed E-state index contributed by atoms with van der Waals surface area (Å²) in [4.78, 5) is 0. The van der Waals surface area contributed by atoms with Crippen molar-refractivity contribution in [2.75, 3.05) is 19.7 Å². The van der Waals surface area contributed by atoms with Crippen LogP contribution >= 0.6 is 0 Å². The fourth-order valence-corrected chi connectivity index (χ4v) is 1.76. The standard InChI is InChI=1S/C16H22N2O/c1-3-10-18-13-14(4-2)12-15-7-5-6-8-16(15)19-11-9-17/h5-8,12,18H,3-4,10-11,13H2,1-2H3. The fourth-order valence-electron chi connectivity index (χ4n) is 1.76. The van der Waals surface area contributed by atoms with E-state index < -0.39 is 0 Å². The molecule has 0 amide bonds. The Hall–Kier alpha value is -1.79. The Morgan fingerprint density at radius 2 is 2.16 bits per heavy atom. The van der Waals surface area contributed by atoms with Crippen LogP contribution in [-0.4, -0.2) is 19.7 Å². The predicted molar refractivity (Wildman–Crippen MR) is 79.0 cm³/mol. The molecule has 0 spiro atoms. The van der Waals surface area contributed by atoms with E-state index >= 15 is 0 Å². The summed E-state index contributed by atoms with van der Waals surface area (Å²) in [6, 6.07) is 9.82. The first kappa shape index (κ1) is 15.3. The summed E-state index contributed by atoms with van der Waals surface area (Å²) in [5, 5.41) is 12.0. The molecule has 0 aromatic heterocycles. The molecule has 0 heterocycles. The van der Waals surface area contributed by atoms with Crippen LogP contribution in [-0.2, 0) is 0 Å². The monoisotopic (exact) mass is 258 g/mol. The molecule has 0 saturated carbocycles. The van der Waals surface area contributed by atoms with Gasteiger partial charge in [-0.1, -0.05) is 43.7 Å². The second-order valence-corrected chi connectivity index (χ2v) is 4.32. The third-order valence-corrected chi connectivity index (χ3v) is 2.80. The van der Waals surface area contributed by atoms with Gasteiger partial charge in [0.05, 0.1) is 0 Å². The van der Waals surface area contributed by atoms with Gasteiger partial charge in [0.1, 0.15) is 11.8 Å². The molecule has 19 heavy (non-hydrogen) atoms. The van der Waals surface area contributed by atoms with Crippen LogP contribution < -0.4 is 10.1 Å². The van der Waals surface area contributed by atoms with Gasteiger partial charge in [-0.2, -0.15) is 5.26 Å². The van der Waals surface area contributed by atoms with E-state index in [4.69, 9.17) is 10.00 Å². The second-order valence-electron chi connectivity index (χ2n) is 4.32. The third-order valence-electron chi connectivity index (χ3n) is 2.80. The summed E-state index contributed by atoms with van der Waals surface area (Å²) < 4.78 is 5.43. The lowest BCUT2D eigenvalue weighted by Crippen LogP contribution is -2.17. The van der Waals surface area contributed by atoms with E-state index in [1.807, 2.05) is 30.3 Å². The molecule has 0 aliphatic heterocycles. The highest BCUT2D eigenvalue weighted by Crippen LogP contribution is 2.21. The Balaban J connectivity index is 2.79. The molecule has 0 atom stereocenters. The summed E-state index contributed by atoms with van der Waals surface area (Å²) in [6.45, 7) is 6.33. The van der Waals surface area contributed by atoms with Crippen molar-refractivity contribution in [2.45, 2.75) is 26.7 Å². The highest BCUT2D eigenvalue weighted by molar-refractivity contribution is 5.60. The van der Waals surface area contributed by atoms with E-state index in [1.165, 1.54) is 5.57 Å². The molecule has 1 rings (SSSR count). The van der Waals surface area contributed by atoms with E-state index in [1.54, 1.807) is 0 Å². The molecule has 0 unspecified atom stereocenters. The first-order valence-corrected chi connectivity index (χ1v) is 6.80. The van der Waals surface area contributed by atoms with Gasteiger partial charge >= 0.3 is 0 Å². The van der Waals surface area contributed by atoms with Crippen molar-refractivity contribution in [2.24, 2.45) is 0 Å². The lowest BCUT2D eigenvalue weighted by Gasteiger charge is -2.09. The number of rotatable bonds is 8. The Morgan fingerprint density at radius 3 is 2.84 bits per heavy atom. The van der Waals surface area contributed by atoms with Gasteiger partial charge in [0.25, 0.3) is 0 Å². The van der Waals surface area contributed by atoms with E-state index in [0.717, 1.165) is 37.2 Å². The minimum Gasteiger partial charge on any atom is -0.478 e. The molecular formula is C16H22N2O. The van der Waals surface area contributed by atoms with Crippen molar-refractivity contribution in [1.82, 2.24) is 5.32 Å². The largest absolute Gasteiger partial charge is 0.478 e. The quantitative estimate of drug-likeness (QED) is 0.727. The molecule has 0 aliphatic rings. The molecule has 1 aromatic rings. The minimum atomic E-state index is 0.0837. The topological polar surface area (TPSA) is 45.0 Å². The number of nitriles is 1. The minimum absolute atomic E-state index is 0.0837. The van der Waals surface area contributed by atoms with E-state index in [9.17, 15) is 0 Å². The zero-order chi connectivity index (χ0) is 13.9. The van der Waals surface area contributed by atoms with E-state index in [2.05, 4.69) is 25.2 Å². The van der Waals surface area contributed by atoms with Crippen molar-refractivity contribution < 1.29 is 4.74 Å². The van der Waals surface area contributed by atoms with Crippen LogP contribution in [0.25, 0.3) is 6.08 Å². The maximum absolute atomic E-state index is 8.59. The average molecular weight is 258 g/mol. The molecule has 0 aliphatic carbocycles. The van der Waals surface area contributed by atoms with Gasteiger partial charge in [0.15, 0.2) is 6.61 Å². The molecule has 1 aromatic carbocycles. The highest BCUT2D eigenvalue weighted by atomic mass is 16.5. The molecule has 0 radical (unpaired) electrons. The van der Waals surface area contributed by atoms with Crippen molar-refractivity contribution >= 4 is 6.08 Å². The van der Waals surface area contributed by atoms with Crippen molar-refractivity contribution in [3.8, 4) is 11.8 Å². The molecule has 3 heteroatoms. The van der Waals surface area contributed by atoms with Crippen LogP contribution in [0.1, 0.15) is 32.3 Å². The van der Waals surface area contributed by atoms with Crippen molar-refractivity contribution in [3.63, 3.8) is 0 Å². The van der Waals surface area contributed by atoms with Crippen molar-refractivity contribution in [3.05, 3.63) is 35.4 Å². The zero-order valence-corrected chi connectivity index (χ0v) is 11.8. The Bertz CT molecular complexity index is 446. The maximum Gasteiger partial charge on any atom is 0.174 e. The zero-order valence-electron chi connectivity index (χ0n) is 11.8. The number of hydrogen-bond donors (Lipinski definition) is 1. The highest BCUT2D eigenvalue weighted by Gasteiger charge is 2.02. The number of ether oxygens (including phenoxy) is 1. The Labute approximate surface area is 115 Å². The Kier molecular flexibility index (Phi) is 7.38. The molecule has 0 bridgehead atoms. The lowest BCUT2D eigenvalue weighted by molar-refractivity contribution is 0.367. The normalized spacial score (nSPS) is 11.1. The van der Waals surface area contributed by atoms with Crippen LogP contribution in [0.2, 0.25) is 0 Å². The Morgan fingerprint density at radius 1 is 1.37 bits per heavy atom. The van der Waals surface area contributed by atoms with Gasteiger partial charge in [-0.3, -0.25) is 0 Å². The molecule has 0 saturated heterocycles. The van der Waals surface area contributed by atoms with E-state index in [0.29, 0.717) is 0 Å². The van der Waals surface area contributed by atoms with Crippen LogP contribution in [0.5, 0.6) is 5.75 Å². The lowest BCUT2D eigenvalue weighted by atomic mass is 10.1. The van der Waals surface area contributed by atoms with Gasteiger partial charge in [-0.15, -0.1) is 0 Å². The maximum atomic E-state index is 8.59. The number of benzene rings is 1. The smallest absolute Gasteiger partial charge is 0.174 e. The van der Waals surface area contributed by atoms with E-state index in [-0.39, 0.29) is 6.61 Å². The molecule has 1 N–H and O–H groups in total. The van der Waals surface area contributed by atoms with Crippen molar-refractivity contribution in [1.29, 1.82) is 5.26 Å². The average Bonchev–Trinajstić information content (AvgIpc) is 2.45. The number of hydrogen-bond acceptors (Lipinski definition) is 3. The SMILES string of the molecule is CCCNCC(=Cc1ccccc1OCC#N)CC. The molecular weight excluding hydrogens is 236 g/mol. The van der Waals surface area contributed by atoms with Gasteiger partial charge < -0.3 is 10.1 Å². The summed E-state index contributed by atoms with van der Waals surface area (Å²) in [6.07, 6.45) is 4.29. The van der Waals surface area contributed by atoms with Gasteiger partial charge in [-0.25, -0.2) is 0 Å². The first-order valence-electron chi connectivity index (χ1n) is 6.80. The predicted octanol–water partition coefficient (Wildman–Crippen LogP) is 3.38. The number of para-hydroxylation sites is 1. The molecule has 3 nitrogen and oxygen atoms in total. The van der Waals surface area contributed by atoms with Gasteiger partial charge in [0.2, 0.25) is 0 Å². The first-order chi connectivity index (χ1) is 9.31. The fraction of sp³-hybridized carbons (Fsp3) is 0.438. The summed E-state index contributed by atoms with van der Waals surface area (Å²) in [7, 11) is 0. The summed E-state index contributed by atoms with van der Waals surface area (Å²) >= 11 is 0. The summed E-state index contributed by atoms with van der Waals surface area (Å²) in [5.74, 6) is 0.769. The van der Waals surface area contributed by atoms with Gasteiger partial charge in [0, 0.05) is 12.1 Å². The molecule has 0 fully saturated rings.